The van der Waals surface area contributed by atoms with E-state index in [2.05, 4.69) is 25.9 Å². The molecule has 0 amide bonds. The lowest BCUT2D eigenvalue weighted by Gasteiger charge is -2.08. The number of hydrogen-bond acceptors (Lipinski definition) is 5. The summed E-state index contributed by atoms with van der Waals surface area (Å²) in [5.74, 6) is -1.76. The van der Waals surface area contributed by atoms with Gasteiger partial charge in [0.2, 0.25) is 0 Å². The number of carbonyl (C=O) groups is 2. The Bertz CT molecular complexity index is 784. The van der Waals surface area contributed by atoms with Crippen molar-refractivity contribution in [1.29, 1.82) is 0 Å². The van der Waals surface area contributed by atoms with Gasteiger partial charge in [-0.05, 0) is 22.0 Å². The van der Waals surface area contributed by atoms with Crippen LogP contribution in [0.3, 0.4) is 0 Å². The van der Waals surface area contributed by atoms with Crippen molar-refractivity contribution in [3.8, 4) is 0 Å². The second-order valence-electron chi connectivity index (χ2n) is 4.33. The summed E-state index contributed by atoms with van der Waals surface area (Å²) < 4.78 is 0.638. The van der Waals surface area contributed by atoms with E-state index in [4.69, 9.17) is 5.11 Å². The number of H-pyrrole nitrogens is 1. The maximum atomic E-state index is 12.0. The maximum Gasteiger partial charge on any atom is 0.303 e. The molecule has 0 unspecified atom stereocenters. The Morgan fingerprint density at radius 2 is 2.05 bits per heavy atom. The SMILES string of the molecule is O=C(O)CCC(=O)c1c(CO)c2ncc(Br)cc2[nH]c1=O. The monoisotopic (exact) mass is 354 g/mol. The number of aliphatic carboxylic acids is 1. The van der Waals surface area contributed by atoms with Crippen LogP contribution in [0.5, 0.6) is 0 Å². The third kappa shape index (κ3) is 3.17. The molecule has 0 fully saturated rings. The number of Topliss-reactive ketones (excluding diaryl/α,β-unsaturated/α-hetero) is 1. The molecule has 2 rings (SSSR count). The van der Waals surface area contributed by atoms with Gasteiger partial charge in [0.15, 0.2) is 5.78 Å². The van der Waals surface area contributed by atoms with E-state index in [0.29, 0.717) is 15.5 Å². The van der Waals surface area contributed by atoms with Crippen molar-refractivity contribution in [3.63, 3.8) is 0 Å². The van der Waals surface area contributed by atoms with Crippen LogP contribution >= 0.6 is 15.9 Å². The molecule has 0 aliphatic carbocycles. The van der Waals surface area contributed by atoms with Crippen LogP contribution in [0.1, 0.15) is 28.8 Å². The lowest BCUT2D eigenvalue weighted by atomic mass is 10.0. The van der Waals surface area contributed by atoms with Crippen LogP contribution in [0.25, 0.3) is 11.0 Å². The number of aliphatic hydroxyl groups is 1. The number of carboxylic acid groups (broad SMARTS) is 1. The Kier molecular flexibility index (Phi) is 4.49. The van der Waals surface area contributed by atoms with Crippen molar-refractivity contribution in [2.24, 2.45) is 0 Å². The first kappa shape index (κ1) is 15.3. The Morgan fingerprint density at radius 3 is 2.67 bits per heavy atom. The largest absolute Gasteiger partial charge is 0.481 e. The van der Waals surface area contributed by atoms with E-state index in [-0.39, 0.29) is 24.0 Å². The first-order valence-electron chi connectivity index (χ1n) is 6.00. The first-order valence-corrected chi connectivity index (χ1v) is 6.79. The highest BCUT2D eigenvalue weighted by atomic mass is 79.9. The van der Waals surface area contributed by atoms with E-state index < -0.39 is 23.9 Å². The summed E-state index contributed by atoms with van der Waals surface area (Å²) in [6.07, 6.45) is 0.785. The predicted molar refractivity (Wildman–Crippen MR) is 77.2 cm³/mol. The molecule has 2 aromatic heterocycles. The first-order chi connectivity index (χ1) is 9.93. The van der Waals surface area contributed by atoms with Gasteiger partial charge in [-0.15, -0.1) is 0 Å². The van der Waals surface area contributed by atoms with E-state index >= 15 is 0 Å². The van der Waals surface area contributed by atoms with Crippen molar-refractivity contribution in [3.05, 3.63) is 38.2 Å². The summed E-state index contributed by atoms with van der Waals surface area (Å²) in [5.41, 5.74) is -0.105. The number of fused-ring (bicyclic) bond motifs is 1. The molecule has 2 aromatic rings. The van der Waals surface area contributed by atoms with Gasteiger partial charge in [-0.25, -0.2) is 0 Å². The van der Waals surface area contributed by atoms with Gasteiger partial charge in [-0.2, -0.15) is 0 Å². The Hall–Kier alpha value is -2.06. The molecule has 0 aliphatic heterocycles. The van der Waals surface area contributed by atoms with Crippen LogP contribution in [0.2, 0.25) is 0 Å². The van der Waals surface area contributed by atoms with Crippen LogP contribution in [0.15, 0.2) is 21.5 Å². The number of aliphatic hydroxyl groups excluding tert-OH is 1. The third-order valence-electron chi connectivity index (χ3n) is 2.92. The van der Waals surface area contributed by atoms with Gasteiger partial charge in [-0.1, -0.05) is 0 Å². The van der Waals surface area contributed by atoms with Gasteiger partial charge in [-0.3, -0.25) is 19.4 Å². The van der Waals surface area contributed by atoms with E-state index in [9.17, 15) is 19.5 Å². The van der Waals surface area contributed by atoms with Crippen molar-refractivity contribution in [2.75, 3.05) is 0 Å². The van der Waals surface area contributed by atoms with Crippen LogP contribution in [-0.4, -0.2) is 31.9 Å². The zero-order chi connectivity index (χ0) is 15.6. The van der Waals surface area contributed by atoms with E-state index in [0.717, 1.165) is 0 Å². The second-order valence-corrected chi connectivity index (χ2v) is 5.25. The molecule has 3 N–H and O–H groups in total. The minimum Gasteiger partial charge on any atom is -0.481 e. The molecule has 0 radical (unpaired) electrons. The number of aromatic amines is 1. The van der Waals surface area contributed by atoms with Gasteiger partial charge >= 0.3 is 5.97 Å². The van der Waals surface area contributed by atoms with Gasteiger partial charge in [0.05, 0.1) is 29.6 Å². The number of carboxylic acids is 1. The highest BCUT2D eigenvalue weighted by Gasteiger charge is 2.20. The molecule has 7 nitrogen and oxygen atoms in total. The average Bonchev–Trinajstić information content (AvgIpc) is 2.42. The summed E-state index contributed by atoms with van der Waals surface area (Å²) in [6, 6.07) is 1.61. The fourth-order valence-electron chi connectivity index (χ4n) is 2.01. The molecule has 2 heterocycles. The number of nitrogens with one attached hydrogen (secondary N) is 1. The lowest BCUT2D eigenvalue weighted by Crippen LogP contribution is -2.22. The number of rotatable bonds is 5. The van der Waals surface area contributed by atoms with E-state index in [1.807, 2.05) is 0 Å². The number of aromatic nitrogens is 2. The van der Waals surface area contributed by atoms with Gasteiger partial charge in [0, 0.05) is 22.7 Å². The number of carbonyl (C=O) groups excluding carboxylic acids is 1. The highest BCUT2D eigenvalue weighted by Crippen LogP contribution is 2.20. The zero-order valence-corrected chi connectivity index (χ0v) is 12.3. The highest BCUT2D eigenvalue weighted by molar-refractivity contribution is 9.10. The van der Waals surface area contributed by atoms with E-state index in [1.54, 1.807) is 6.07 Å². The Labute approximate surface area is 126 Å². The van der Waals surface area contributed by atoms with Crippen LogP contribution in [0.4, 0.5) is 0 Å². The molecular formula is C13H11BrN2O5. The topological polar surface area (TPSA) is 120 Å². The molecule has 0 atom stereocenters. The minimum atomic E-state index is -1.13. The van der Waals surface area contributed by atoms with Gasteiger partial charge in [0.1, 0.15) is 0 Å². The number of halogens is 1. The molecule has 21 heavy (non-hydrogen) atoms. The third-order valence-corrected chi connectivity index (χ3v) is 3.35. The molecule has 0 aromatic carbocycles. The number of hydrogen-bond donors (Lipinski definition) is 3. The summed E-state index contributed by atoms with van der Waals surface area (Å²) >= 11 is 3.21. The quantitative estimate of drug-likeness (QED) is 0.694. The molecule has 0 bridgehead atoms. The fraction of sp³-hybridized carbons (Fsp3) is 0.231. The summed E-state index contributed by atoms with van der Waals surface area (Å²) in [5, 5.41) is 18.1. The molecule has 0 aliphatic rings. The maximum absolute atomic E-state index is 12.0. The van der Waals surface area contributed by atoms with Crippen molar-refractivity contribution < 1.29 is 19.8 Å². The lowest BCUT2D eigenvalue weighted by molar-refractivity contribution is -0.136. The molecule has 0 spiro atoms. The van der Waals surface area contributed by atoms with Crippen molar-refractivity contribution in [2.45, 2.75) is 19.4 Å². The second kappa shape index (κ2) is 6.15. The predicted octanol–water partition coefficient (Wildman–Crippen LogP) is 1.23. The average molecular weight is 355 g/mol. The van der Waals surface area contributed by atoms with Crippen LogP contribution < -0.4 is 5.56 Å². The smallest absolute Gasteiger partial charge is 0.303 e. The molecular weight excluding hydrogens is 344 g/mol. The van der Waals surface area contributed by atoms with E-state index in [1.165, 1.54) is 6.20 Å². The number of pyridine rings is 2. The Morgan fingerprint density at radius 1 is 1.33 bits per heavy atom. The summed E-state index contributed by atoms with van der Waals surface area (Å²) in [4.78, 5) is 41.2. The zero-order valence-electron chi connectivity index (χ0n) is 10.7. The number of nitrogens with zero attached hydrogens (tertiary/aromatic N) is 1. The Balaban J connectivity index is 2.60. The van der Waals surface area contributed by atoms with Crippen molar-refractivity contribution in [1.82, 2.24) is 9.97 Å². The summed E-state index contributed by atoms with van der Waals surface area (Å²) in [7, 11) is 0. The number of ketones is 1. The molecule has 0 saturated carbocycles. The van der Waals surface area contributed by atoms with Crippen molar-refractivity contribution >= 4 is 38.7 Å². The summed E-state index contributed by atoms with van der Waals surface area (Å²) in [6.45, 7) is -0.538. The molecule has 0 saturated heterocycles. The standard InChI is InChI=1S/C13H11BrN2O5/c14-6-3-8-12(15-4-6)7(5-17)11(13(21)16-8)9(18)1-2-10(19)20/h3-4,17H,1-2,5H2,(H,16,21)(H,19,20). The minimum absolute atomic E-state index is 0.108. The normalized spacial score (nSPS) is 10.8. The molecule has 8 heteroatoms. The fourth-order valence-corrected chi connectivity index (χ4v) is 2.34. The van der Waals surface area contributed by atoms with Gasteiger partial charge < -0.3 is 15.2 Å². The van der Waals surface area contributed by atoms with Crippen LogP contribution in [-0.2, 0) is 11.4 Å². The van der Waals surface area contributed by atoms with Crippen LogP contribution in [0, 0.1) is 0 Å². The van der Waals surface area contributed by atoms with Gasteiger partial charge in [0.25, 0.3) is 5.56 Å². The molecule has 110 valence electrons.